The van der Waals surface area contributed by atoms with E-state index < -0.39 is 5.54 Å². The monoisotopic (exact) mass is 378 g/mol. The number of nitriles is 1. The highest BCUT2D eigenvalue weighted by Crippen LogP contribution is 2.40. The molecule has 7 heteroatoms. The molecule has 0 aliphatic carbocycles. The lowest BCUT2D eigenvalue weighted by Gasteiger charge is -2.48. The van der Waals surface area contributed by atoms with Crippen LogP contribution in [0.3, 0.4) is 0 Å². The predicted molar refractivity (Wildman–Crippen MR) is 106 cm³/mol. The Hall–Kier alpha value is -2.56. The zero-order valence-corrected chi connectivity index (χ0v) is 16.4. The minimum atomic E-state index is -0.514. The van der Waals surface area contributed by atoms with Crippen LogP contribution in [0.4, 0.5) is 0 Å². The number of fused-ring (bicyclic) bond motifs is 1. The van der Waals surface area contributed by atoms with Crippen molar-refractivity contribution >= 4 is 16.9 Å². The summed E-state index contributed by atoms with van der Waals surface area (Å²) in [4.78, 5) is 24.3. The molecule has 2 N–H and O–H groups in total. The Morgan fingerprint density at radius 2 is 2.04 bits per heavy atom. The number of aromatic nitrogens is 2. The Kier molecular flexibility index (Phi) is 5.00. The van der Waals surface area contributed by atoms with E-state index in [4.69, 9.17) is 0 Å². The third-order valence-corrected chi connectivity index (χ3v) is 6.23. The summed E-state index contributed by atoms with van der Waals surface area (Å²) < 4.78 is 0. The summed E-state index contributed by atoms with van der Waals surface area (Å²) in [5, 5.41) is 16.3. The summed E-state index contributed by atoms with van der Waals surface area (Å²) >= 11 is 0. The summed E-state index contributed by atoms with van der Waals surface area (Å²) in [5.41, 5.74) is 2.27. The molecule has 0 bridgehead atoms. The van der Waals surface area contributed by atoms with Gasteiger partial charge >= 0.3 is 0 Å². The van der Waals surface area contributed by atoms with Crippen molar-refractivity contribution in [3.8, 4) is 6.07 Å². The van der Waals surface area contributed by atoms with Crippen molar-refractivity contribution in [3.05, 3.63) is 35.7 Å². The van der Waals surface area contributed by atoms with E-state index in [9.17, 15) is 10.1 Å². The second kappa shape index (κ2) is 7.46. The summed E-state index contributed by atoms with van der Waals surface area (Å²) in [5.74, 6) is 0.588. The minimum Gasteiger partial charge on any atom is -0.334 e. The van der Waals surface area contributed by atoms with Crippen LogP contribution in [0.15, 0.2) is 24.5 Å². The van der Waals surface area contributed by atoms with Crippen LogP contribution in [0.25, 0.3) is 11.0 Å². The van der Waals surface area contributed by atoms with Gasteiger partial charge < -0.3 is 15.5 Å². The van der Waals surface area contributed by atoms with E-state index in [1.165, 1.54) is 0 Å². The van der Waals surface area contributed by atoms with Gasteiger partial charge in [0.05, 0.1) is 22.5 Å². The van der Waals surface area contributed by atoms with E-state index in [1.54, 1.807) is 12.4 Å². The van der Waals surface area contributed by atoms with Crippen LogP contribution in [0.2, 0.25) is 0 Å². The third kappa shape index (κ3) is 3.03. The van der Waals surface area contributed by atoms with Gasteiger partial charge in [-0.15, -0.1) is 0 Å². The lowest BCUT2D eigenvalue weighted by atomic mass is 9.76. The maximum Gasteiger partial charge on any atom is 0.227 e. The molecule has 4 rings (SSSR count). The van der Waals surface area contributed by atoms with Crippen molar-refractivity contribution in [1.82, 2.24) is 25.5 Å². The van der Waals surface area contributed by atoms with Crippen molar-refractivity contribution in [2.24, 2.45) is 11.8 Å². The molecule has 1 unspecified atom stereocenters. The lowest BCUT2D eigenvalue weighted by molar-refractivity contribution is -0.141. The molecular formula is C21H26N6O. The number of carbonyl (C=O) groups excluding carboxylic acids is 1. The Balaban J connectivity index is 1.87. The fraction of sp³-hybridized carbons (Fsp3) is 0.524. The van der Waals surface area contributed by atoms with Crippen LogP contribution in [0.5, 0.6) is 0 Å². The molecule has 3 atom stereocenters. The van der Waals surface area contributed by atoms with E-state index >= 15 is 0 Å². The van der Waals surface area contributed by atoms with Crippen LogP contribution in [0, 0.1) is 23.2 Å². The highest BCUT2D eigenvalue weighted by Gasteiger charge is 2.45. The van der Waals surface area contributed by atoms with Crippen LogP contribution < -0.4 is 10.6 Å². The molecular weight excluding hydrogens is 352 g/mol. The number of rotatable bonds is 3. The largest absolute Gasteiger partial charge is 0.334 e. The molecule has 2 fully saturated rings. The van der Waals surface area contributed by atoms with Crippen LogP contribution in [0.1, 0.15) is 30.9 Å². The van der Waals surface area contributed by atoms with Crippen molar-refractivity contribution in [3.63, 3.8) is 0 Å². The summed E-state index contributed by atoms with van der Waals surface area (Å²) in [7, 11) is 1.92. The predicted octanol–water partition coefficient (Wildman–Crippen LogP) is 1.39. The molecule has 1 aromatic carbocycles. The maximum absolute atomic E-state index is 13.4. The summed E-state index contributed by atoms with van der Waals surface area (Å²) in [6.45, 7) is 5.41. The van der Waals surface area contributed by atoms with Gasteiger partial charge in [0.1, 0.15) is 11.6 Å². The summed E-state index contributed by atoms with van der Waals surface area (Å²) in [6, 6.07) is 5.98. The number of piperidine rings is 1. The van der Waals surface area contributed by atoms with Gasteiger partial charge in [0.2, 0.25) is 5.91 Å². The molecule has 146 valence electrons. The molecule has 28 heavy (non-hydrogen) atoms. The van der Waals surface area contributed by atoms with Crippen molar-refractivity contribution in [2.75, 3.05) is 33.2 Å². The van der Waals surface area contributed by atoms with Gasteiger partial charge in [-0.25, -0.2) is 0 Å². The van der Waals surface area contributed by atoms with Gasteiger partial charge in [-0.2, -0.15) is 5.26 Å². The molecule has 2 aliphatic heterocycles. The highest BCUT2D eigenvalue weighted by molar-refractivity contribution is 5.86. The van der Waals surface area contributed by atoms with Crippen molar-refractivity contribution < 1.29 is 4.79 Å². The topological polar surface area (TPSA) is 93.9 Å². The van der Waals surface area contributed by atoms with Gasteiger partial charge in [-0.3, -0.25) is 14.8 Å². The molecule has 2 aromatic rings. The number of amides is 1. The molecule has 7 nitrogen and oxygen atoms in total. The molecule has 0 saturated carbocycles. The fourth-order valence-corrected chi connectivity index (χ4v) is 4.76. The van der Waals surface area contributed by atoms with E-state index in [-0.39, 0.29) is 11.8 Å². The van der Waals surface area contributed by atoms with Crippen LogP contribution in [-0.2, 0) is 10.3 Å². The molecule has 2 saturated heterocycles. The fourth-order valence-electron chi connectivity index (χ4n) is 4.76. The number of hydrogen-bond donors (Lipinski definition) is 2. The normalized spacial score (nSPS) is 27.5. The number of carbonyl (C=O) groups is 1. The Labute approximate surface area is 165 Å². The van der Waals surface area contributed by atoms with Crippen molar-refractivity contribution in [1.29, 1.82) is 5.26 Å². The van der Waals surface area contributed by atoms with E-state index in [1.807, 2.05) is 24.1 Å². The molecule has 2 aliphatic rings. The third-order valence-electron chi connectivity index (χ3n) is 6.23. The zero-order chi connectivity index (χ0) is 19.7. The highest BCUT2D eigenvalue weighted by atomic mass is 16.2. The average Bonchev–Trinajstić information content (AvgIpc) is 3.26. The molecule has 0 spiro atoms. The first-order valence-electron chi connectivity index (χ1n) is 9.90. The molecule has 3 heterocycles. The standard InChI is InChI=1S/C21H26N6O/c1-14-9-21(13-24-11-14,27(2)20(28)16-5-6-23-12-16)17-4-3-15(10-22)18-19(17)26-8-7-25-18/h3-4,7-8,14,16,23-24H,5-6,9,11-13H2,1-2H3/t14-,16?,21-/m0/s1. The second-order valence-corrected chi connectivity index (χ2v) is 8.08. The van der Waals surface area contributed by atoms with Crippen molar-refractivity contribution in [2.45, 2.75) is 25.3 Å². The summed E-state index contributed by atoms with van der Waals surface area (Å²) in [6.07, 6.45) is 4.99. The number of nitrogens with zero attached hydrogens (tertiary/aromatic N) is 4. The van der Waals surface area contributed by atoms with E-state index in [0.29, 0.717) is 29.1 Å². The molecule has 0 radical (unpaired) electrons. The molecule has 1 amide bonds. The average molecular weight is 378 g/mol. The smallest absolute Gasteiger partial charge is 0.227 e. The molecule has 1 aromatic heterocycles. The van der Waals surface area contributed by atoms with Gasteiger partial charge in [0, 0.05) is 38.1 Å². The van der Waals surface area contributed by atoms with Gasteiger partial charge in [0.25, 0.3) is 0 Å². The van der Waals surface area contributed by atoms with Gasteiger partial charge in [-0.05, 0) is 37.9 Å². The quantitative estimate of drug-likeness (QED) is 0.838. The number of benzene rings is 1. The number of nitrogens with one attached hydrogen (secondary N) is 2. The van der Waals surface area contributed by atoms with E-state index in [2.05, 4.69) is 33.6 Å². The second-order valence-electron chi connectivity index (χ2n) is 8.08. The zero-order valence-electron chi connectivity index (χ0n) is 16.4. The Morgan fingerprint density at radius 3 is 2.71 bits per heavy atom. The Morgan fingerprint density at radius 1 is 1.25 bits per heavy atom. The van der Waals surface area contributed by atoms with E-state index in [0.717, 1.165) is 38.0 Å². The maximum atomic E-state index is 13.4. The van der Waals surface area contributed by atoms with Crippen LogP contribution in [-0.4, -0.2) is 54.0 Å². The first kappa shape index (κ1) is 18.8. The number of likely N-dealkylation sites (N-methyl/N-ethyl adjacent to an activating group) is 1. The lowest BCUT2D eigenvalue weighted by Crippen LogP contribution is -2.59. The first-order valence-corrected chi connectivity index (χ1v) is 9.90. The number of hydrogen-bond acceptors (Lipinski definition) is 6. The Bertz CT molecular complexity index is 932. The van der Waals surface area contributed by atoms with Gasteiger partial charge in [-0.1, -0.05) is 13.0 Å². The SMILES string of the molecule is C[C@@H]1CNC[C@@](c2ccc(C#N)c3nccnc23)(N(C)C(=O)C2CCNC2)C1. The minimum absolute atomic E-state index is 0.00911. The first-order chi connectivity index (χ1) is 13.6. The van der Waals surface area contributed by atoms with Crippen LogP contribution >= 0.6 is 0 Å². The van der Waals surface area contributed by atoms with Gasteiger partial charge in [0.15, 0.2) is 0 Å².